The van der Waals surface area contributed by atoms with Gasteiger partial charge in [0.25, 0.3) is 0 Å². The predicted molar refractivity (Wildman–Crippen MR) is 67.2 cm³/mol. The van der Waals surface area contributed by atoms with Crippen LogP contribution in [0.4, 0.5) is 0 Å². The first-order valence-electron chi connectivity index (χ1n) is 4.91. The van der Waals surface area contributed by atoms with Crippen molar-refractivity contribution in [1.82, 2.24) is 0 Å². The lowest BCUT2D eigenvalue weighted by atomic mass is 10.0. The van der Waals surface area contributed by atoms with E-state index in [0.29, 0.717) is 6.54 Å². The standard InChI is InChI=1S/C10H19NO2S.ClH/c1-4-8-7-10(13-3,5-6-11)14-9(8)12-2;/h4-7,11H2,1-3H3;1H. The van der Waals surface area contributed by atoms with E-state index in [1.165, 1.54) is 5.57 Å². The van der Waals surface area contributed by atoms with Crippen LogP contribution in [0, 0.1) is 0 Å². The monoisotopic (exact) mass is 253 g/mol. The number of nitrogens with two attached hydrogens (primary N) is 1. The van der Waals surface area contributed by atoms with Crippen LogP contribution >= 0.6 is 24.2 Å². The average Bonchev–Trinajstić information content (AvgIpc) is 2.58. The Bertz CT molecular complexity index is 217. The molecule has 1 atom stereocenters. The molecule has 0 aromatic carbocycles. The molecule has 2 N–H and O–H groups in total. The number of rotatable bonds is 5. The highest BCUT2D eigenvalue weighted by Gasteiger charge is 2.39. The molecule has 5 heteroatoms. The third-order valence-electron chi connectivity index (χ3n) is 2.56. The maximum Gasteiger partial charge on any atom is 0.154 e. The van der Waals surface area contributed by atoms with Crippen LogP contribution in [0.3, 0.4) is 0 Å². The van der Waals surface area contributed by atoms with Crippen LogP contribution in [0.5, 0.6) is 0 Å². The Labute approximate surface area is 102 Å². The van der Waals surface area contributed by atoms with Crippen LogP contribution in [-0.4, -0.2) is 25.7 Å². The predicted octanol–water partition coefficient (Wildman–Crippen LogP) is 2.50. The van der Waals surface area contributed by atoms with Gasteiger partial charge in [-0.2, -0.15) is 0 Å². The average molecular weight is 254 g/mol. The largest absolute Gasteiger partial charge is 0.490 e. The molecule has 0 bridgehead atoms. The van der Waals surface area contributed by atoms with E-state index >= 15 is 0 Å². The minimum Gasteiger partial charge on any atom is -0.490 e. The van der Waals surface area contributed by atoms with Gasteiger partial charge >= 0.3 is 0 Å². The molecular formula is C10H20ClNO2S. The highest BCUT2D eigenvalue weighted by atomic mass is 35.5. The Balaban J connectivity index is 0.00000196. The zero-order chi connectivity index (χ0) is 10.6. The summed E-state index contributed by atoms with van der Waals surface area (Å²) in [5.41, 5.74) is 6.93. The number of halogens is 1. The molecule has 1 heterocycles. The number of hydrogen-bond acceptors (Lipinski definition) is 4. The van der Waals surface area contributed by atoms with E-state index in [-0.39, 0.29) is 17.3 Å². The number of ether oxygens (including phenoxy) is 2. The molecule has 1 unspecified atom stereocenters. The molecule has 0 aromatic rings. The number of thioether (sulfide) groups is 1. The molecule has 90 valence electrons. The Morgan fingerprint density at radius 2 is 2.13 bits per heavy atom. The maximum atomic E-state index is 5.59. The molecule has 0 aliphatic carbocycles. The summed E-state index contributed by atoms with van der Waals surface area (Å²) in [6, 6.07) is 0. The van der Waals surface area contributed by atoms with Crippen molar-refractivity contribution in [2.24, 2.45) is 5.73 Å². The van der Waals surface area contributed by atoms with Gasteiger partial charge in [-0.15, -0.1) is 12.4 Å². The van der Waals surface area contributed by atoms with Gasteiger partial charge in [-0.25, -0.2) is 0 Å². The molecule has 0 spiro atoms. The lowest BCUT2D eigenvalue weighted by Gasteiger charge is -2.26. The fourth-order valence-corrected chi connectivity index (χ4v) is 3.04. The summed E-state index contributed by atoms with van der Waals surface area (Å²) in [5, 5.41) is 1.02. The Kier molecular flexibility index (Phi) is 6.68. The van der Waals surface area contributed by atoms with Crippen molar-refractivity contribution in [2.45, 2.75) is 31.1 Å². The molecule has 1 rings (SSSR count). The highest BCUT2D eigenvalue weighted by molar-refractivity contribution is 8.04. The van der Waals surface area contributed by atoms with Crippen molar-refractivity contribution in [3.63, 3.8) is 0 Å². The first-order chi connectivity index (χ1) is 6.71. The van der Waals surface area contributed by atoms with E-state index in [2.05, 4.69) is 6.92 Å². The Morgan fingerprint density at radius 1 is 1.47 bits per heavy atom. The SMILES string of the molecule is CCC1=C(OC)SC(CCN)(OC)C1.Cl. The summed E-state index contributed by atoms with van der Waals surface area (Å²) < 4.78 is 10.9. The van der Waals surface area contributed by atoms with E-state index in [1.807, 2.05) is 0 Å². The zero-order valence-electron chi connectivity index (χ0n) is 9.54. The molecule has 0 amide bonds. The molecule has 3 nitrogen and oxygen atoms in total. The Hall–Kier alpha value is 0.1000. The summed E-state index contributed by atoms with van der Waals surface area (Å²) in [5.74, 6) is 0. The molecule has 0 fully saturated rings. The van der Waals surface area contributed by atoms with Gasteiger partial charge in [-0.3, -0.25) is 0 Å². The first kappa shape index (κ1) is 15.1. The molecule has 0 radical (unpaired) electrons. The van der Waals surface area contributed by atoms with Gasteiger partial charge in [-0.1, -0.05) is 18.7 Å². The van der Waals surface area contributed by atoms with Gasteiger partial charge in [0, 0.05) is 13.5 Å². The van der Waals surface area contributed by atoms with Gasteiger partial charge in [0.2, 0.25) is 0 Å². The second kappa shape index (κ2) is 6.63. The maximum absolute atomic E-state index is 5.59. The van der Waals surface area contributed by atoms with E-state index in [0.717, 1.165) is 24.4 Å². The van der Waals surface area contributed by atoms with Gasteiger partial charge < -0.3 is 15.2 Å². The van der Waals surface area contributed by atoms with E-state index in [1.54, 1.807) is 26.0 Å². The van der Waals surface area contributed by atoms with Crippen LogP contribution in [-0.2, 0) is 9.47 Å². The van der Waals surface area contributed by atoms with E-state index in [9.17, 15) is 0 Å². The summed E-state index contributed by atoms with van der Waals surface area (Å²) in [6.45, 7) is 2.79. The summed E-state index contributed by atoms with van der Waals surface area (Å²) in [6.07, 6.45) is 2.82. The second-order valence-electron chi connectivity index (χ2n) is 3.38. The fraction of sp³-hybridized carbons (Fsp3) is 0.800. The summed E-state index contributed by atoms with van der Waals surface area (Å²) in [4.78, 5) is -0.175. The third kappa shape index (κ3) is 3.28. The van der Waals surface area contributed by atoms with Crippen LogP contribution in [0.25, 0.3) is 0 Å². The Morgan fingerprint density at radius 3 is 2.47 bits per heavy atom. The molecule has 15 heavy (non-hydrogen) atoms. The number of hydrogen-bond donors (Lipinski definition) is 1. The van der Waals surface area contributed by atoms with Crippen LogP contribution in [0.15, 0.2) is 10.7 Å². The second-order valence-corrected chi connectivity index (χ2v) is 4.70. The molecule has 0 aromatic heterocycles. The summed E-state index contributed by atoms with van der Waals surface area (Å²) in [7, 11) is 3.46. The van der Waals surface area contributed by atoms with Crippen LogP contribution in [0.1, 0.15) is 26.2 Å². The van der Waals surface area contributed by atoms with Crippen LogP contribution < -0.4 is 5.73 Å². The highest BCUT2D eigenvalue weighted by Crippen LogP contribution is 2.49. The molecular weight excluding hydrogens is 234 g/mol. The van der Waals surface area contributed by atoms with E-state index in [4.69, 9.17) is 15.2 Å². The van der Waals surface area contributed by atoms with E-state index < -0.39 is 0 Å². The first-order valence-corrected chi connectivity index (χ1v) is 5.73. The van der Waals surface area contributed by atoms with Gasteiger partial charge in [0.05, 0.1) is 7.11 Å². The molecule has 0 saturated heterocycles. The molecule has 0 saturated carbocycles. The van der Waals surface area contributed by atoms with Crippen molar-refractivity contribution in [2.75, 3.05) is 20.8 Å². The zero-order valence-corrected chi connectivity index (χ0v) is 11.2. The minimum atomic E-state index is -0.175. The van der Waals surface area contributed by atoms with Gasteiger partial charge in [0.1, 0.15) is 4.93 Å². The van der Waals surface area contributed by atoms with Gasteiger partial charge in [0.15, 0.2) is 5.09 Å². The fourth-order valence-electron chi connectivity index (χ4n) is 1.71. The van der Waals surface area contributed by atoms with Gasteiger partial charge in [-0.05, 0) is 25.0 Å². The molecule has 1 aliphatic rings. The normalized spacial score (nSPS) is 25.3. The lowest BCUT2D eigenvalue weighted by Crippen LogP contribution is -2.28. The van der Waals surface area contributed by atoms with Crippen molar-refractivity contribution < 1.29 is 9.47 Å². The van der Waals surface area contributed by atoms with Crippen molar-refractivity contribution in [1.29, 1.82) is 0 Å². The summed E-state index contributed by atoms with van der Waals surface area (Å²) >= 11 is 1.67. The number of methoxy groups -OCH3 is 2. The van der Waals surface area contributed by atoms with Crippen molar-refractivity contribution in [3.8, 4) is 0 Å². The smallest absolute Gasteiger partial charge is 0.154 e. The molecule has 1 aliphatic heterocycles. The topological polar surface area (TPSA) is 44.5 Å². The minimum absolute atomic E-state index is 0. The van der Waals surface area contributed by atoms with Crippen molar-refractivity contribution >= 4 is 24.2 Å². The lowest BCUT2D eigenvalue weighted by molar-refractivity contribution is 0.0684. The van der Waals surface area contributed by atoms with Crippen molar-refractivity contribution in [3.05, 3.63) is 10.7 Å². The van der Waals surface area contributed by atoms with Crippen LogP contribution in [0.2, 0.25) is 0 Å². The quantitative estimate of drug-likeness (QED) is 0.818. The third-order valence-corrected chi connectivity index (χ3v) is 4.09.